The molecule has 2 heterocycles. The molecule has 1 fully saturated rings. The fourth-order valence-electron chi connectivity index (χ4n) is 3.10. The number of imide groups is 1. The summed E-state index contributed by atoms with van der Waals surface area (Å²) in [7, 11) is 0. The number of nitrogens with zero attached hydrogens (tertiary/aromatic N) is 1. The van der Waals surface area contributed by atoms with Gasteiger partial charge < -0.3 is 5.11 Å². The molecule has 0 aliphatic carbocycles. The number of carbonyl (C=O) groups excluding carboxylic acids is 3. The molecule has 2 aliphatic heterocycles. The van der Waals surface area contributed by atoms with Gasteiger partial charge in [0.15, 0.2) is 0 Å². The van der Waals surface area contributed by atoms with Crippen LogP contribution in [0.25, 0.3) is 0 Å². The molecule has 1 unspecified atom stereocenters. The Morgan fingerprint density at radius 1 is 1.27 bits per heavy atom. The standard InChI is InChI=1S/C20H20N2O4/c1-20(2,3)14-9-11(10-23)8-13-17(14)15(21-19(13)26)6-4-12-5-7-16(24)22-18(12)25/h8-9,12,23H,5,7,10H2,1-3H3,(H,22,24,25). The number of aliphatic hydroxyl groups is 1. The van der Waals surface area contributed by atoms with Crippen molar-refractivity contribution in [3.63, 3.8) is 0 Å². The third kappa shape index (κ3) is 3.31. The number of amides is 3. The third-order valence-electron chi connectivity index (χ3n) is 4.47. The average molecular weight is 352 g/mol. The molecule has 0 radical (unpaired) electrons. The summed E-state index contributed by atoms with van der Waals surface area (Å²) in [5.41, 5.74) is 2.67. The summed E-state index contributed by atoms with van der Waals surface area (Å²) in [6, 6.07) is 3.50. The minimum absolute atomic E-state index is 0.166. The van der Waals surface area contributed by atoms with E-state index in [-0.39, 0.29) is 24.3 Å². The van der Waals surface area contributed by atoms with Crippen molar-refractivity contribution in [2.45, 2.75) is 45.6 Å². The number of aliphatic imine (C=N–C) groups is 1. The molecule has 0 bridgehead atoms. The van der Waals surface area contributed by atoms with Gasteiger partial charge in [0.1, 0.15) is 11.6 Å². The van der Waals surface area contributed by atoms with Gasteiger partial charge in [-0.1, -0.05) is 32.8 Å². The predicted molar refractivity (Wildman–Crippen MR) is 95.6 cm³/mol. The lowest BCUT2D eigenvalue weighted by Crippen LogP contribution is -2.40. The van der Waals surface area contributed by atoms with Crippen molar-refractivity contribution >= 4 is 23.4 Å². The van der Waals surface area contributed by atoms with Gasteiger partial charge in [-0.3, -0.25) is 19.7 Å². The summed E-state index contributed by atoms with van der Waals surface area (Å²) in [6.07, 6.45) is 0.613. The first-order valence-electron chi connectivity index (χ1n) is 8.47. The highest BCUT2D eigenvalue weighted by atomic mass is 16.3. The highest BCUT2D eigenvalue weighted by Crippen LogP contribution is 2.33. The summed E-state index contributed by atoms with van der Waals surface area (Å²) >= 11 is 0. The second-order valence-electron chi connectivity index (χ2n) is 7.51. The Kier molecular flexibility index (Phi) is 4.51. The molecular weight excluding hydrogens is 332 g/mol. The first kappa shape index (κ1) is 18.0. The Morgan fingerprint density at radius 3 is 2.62 bits per heavy atom. The van der Waals surface area contributed by atoms with E-state index in [1.54, 1.807) is 6.07 Å². The van der Waals surface area contributed by atoms with E-state index in [2.05, 4.69) is 22.2 Å². The highest BCUT2D eigenvalue weighted by Gasteiger charge is 2.31. The summed E-state index contributed by atoms with van der Waals surface area (Å²) in [4.78, 5) is 39.5. The summed E-state index contributed by atoms with van der Waals surface area (Å²) in [6.45, 7) is 5.87. The van der Waals surface area contributed by atoms with E-state index in [4.69, 9.17) is 0 Å². The quantitative estimate of drug-likeness (QED) is 0.591. The van der Waals surface area contributed by atoms with Crippen molar-refractivity contribution in [1.82, 2.24) is 5.32 Å². The number of benzene rings is 1. The van der Waals surface area contributed by atoms with Gasteiger partial charge in [-0.2, -0.15) is 4.99 Å². The number of carbonyl (C=O) groups is 3. The summed E-state index contributed by atoms with van der Waals surface area (Å²) in [5, 5.41) is 11.8. The summed E-state index contributed by atoms with van der Waals surface area (Å²) < 4.78 is 0. The minimum atomic E-state index is -0.593. The Bertz CT molecular complexity index is 910. The van der Waals surface area contributed by atoms with Crippen LogP contribution in [0, 0.1) is 17.8 Å². The van der Waals surface area contributed by atoms with Gasteiger partial charge in [-0.05, 0) is 34.9 Å². The molecule has 0 spiro atoms. The zero-order valence-corrected chi connectivity index (χ0v) is 15.0. The molecule has 1 atom stereocenters. The second kappa shape index (κ2) is 6.50. The minimum Gasteiger partial charge on any atom is -0.392 e. The molecule has 0 aromatic heterocycles. The van der Waals surface area contributed by atoms with Crippen molar-refractivity contribution in [2.75, 3.05) is 0 Å². The fourth-order valence-corrected chi connectivity index (χ4v) is 3.10. The molecule has 2 N–H and O–H groups in total. The van der Waals surface area contributed by atoms with Gasteiger partial charge in [0.2, 0.25) is 11.8 Å². The van der Waals surface area contributed by atoms with E-state index in [1.165, 1.54) is 0 Å². The molecule has 2 aliphatic rings. The fraction of sp³-hybridized carbons (Fsp3) is 0.400. The molecule has 134 valence electrons. The van der Waals surface area contributed by atoms with Crippen molar-refractivity contribution in [1.29, 1.82) is 0 Å². The van der Waals surface area contributed by atoms with E-state index in [9.17, 15) is 19.5 Å². The number of fused-ring (bicyclic) bond motifs is 1. The maximum absolute atomic E-state index is 12.3. The van der Waals surface area contributed by atoms with E-state index in [0.29, 0.717) is 28.8 Å². The molecule has 3 rings (SSSR count). The van der Waals surface area contributed by atoms with Crippen LogP contribution < -0.4 is 5.32 Å². The molecule has 26 heavy (non-hydrogen) atoms. The number of rotatable bonds is 1. The Hall–Kier alpha value is -2.78. The van der Waals surface area contributed by atoms with Crippen LogP contribution in [0.4, 0.5) is 0 Å². The lowest BCUT2D eigenvalue weighted by molar-refractivity contribution is -0.134. The van der Waals surface area contributed by atoms with Crippen molar-refractivity contribution in [3.05, 3.63) is 34.4 Å². The monoisotopic (exact) mass is 352 g/mol. The predicted octanol–water partition coefficient (Wildman–Crippen LogP) is 1.48. The van der Waals surface area contributed by atoms with Gasteiger partial charge >= 0.3 is 0 Å². The topological polar surface area (TPSA) is 95.8 Å². The normalized spacial score (nSPS) is 19.5. The number of piperidine rings is 1. The van der Waals surface area contributed by atoms with E-state index in [0.717, 1.165) is 5.56 Å². The molecule has 0 saturated carbocycles. The largest absolute Gasteiger partial charge is 0.392 e. The molecule has 1 aromatic rings. The van der Waals surface area contributed by atoms with Crippen LogP contribution >= 0.6 is 0 Å². The molecule has 6 nitrogen and oxygen atoms in total. The van der Waals surface area contributed by atoms with E-state index in [1.807, 2.05) is 26.8 Å². The van der Waals surface area contributed by atoms with E-state index < -0.39 is 17.7 Å². The van der Waals surface area contributed by atoms with Crippen LogP contribution in [0.3, 0.4) is 0 Å². The first-order chi connectivity index (χ1) is 12.2. The zero-order valence-electron chi connectivity index (χ0n) is 15.0. The van der Waals surface area contributed by atoms with Crippen LogP contribution in [0.1, 0.15) is 60.7 Å². The number of hydrogen-bond acceptors (Lipinski definition) is 4. The van der Waals surface area contributed by atoms with Gasteiger partial charge in [0, 0.05) is 12.0 Å². The third-order valence-corrected chi connectivity index (χ3v) is 4.47. The van der Waals surface area contributed by atoms with E-state index >= 15 is 0 Å². The molecular formula is C20H20N2O4. The second-order valence-corrected chi connectivity index (χ2v) is 7.51. The van der Waals surface area contributed by atoms with Gasteiger partial charge in [-0.25, -0.2) is 0 Å². The van der Waals surface area contributed by atoms with Gasteiger partial charge in [0.05, 0.1) is 12.2 Å². The van der Waals surface area contributed by atoms with Crippen LogP contribution in [-0.4, -0.2) is 28.5 Å². The number of aliphatic hydroxyl groups excluding tert-OH is 1. The Labute approximate surface area is 151 Å². The highest BCUT2D eigenvalue weighted by molar-refractivity contribution is 6.28. The number of nitrogens with one attached hydrogen (secondary N) is 1. The Morgan fingerprint density at radius 2 is 2.00 bits per heavy atom. The van der Waals surface area contributed by atoms with Crippen molar-refractivity contribution < 1.29 is 19.5 Å². The molecule has 1 saturated heterocycles. The first-order valence-corrected chi connectivity index (χ1v) is 8.47. The van der Waals surface area contributed by atoms with Crippen molar-refractivity contribution in [3.8, 4) is 11.8 Å². The zero-order chi connectivity index (χ0) is 19.1. The summed E-state index contributed by atoms with van der Waals surface area (Å²) in [5.74, 6) is 4.04. The molecule has 3 amide bonds. The maximum atomic E-state index is 12.3. The smallest absolute Gasteiger partial charge is 0.278 e. The van der Waals surface area contributed by atoms with Crippen LogP contribution in [0.15, 0.2) is 17.1 Å². The average Bonchev–Trinajstić information content (AvgIpc) is 2.88. The van der Waals surface area contributed by atoms with Gasteiger partial charge in [0.25, 0.3) is 5.91 Å². The SMILES string of the molecule is CC(C)(C)c1cc(CO)cc2c1C(C#CC1CCC(=O)NC1=O)=NC2=O. The van der Waals surface area contributed by atoms with Gasteiger partial charge in [-0.15, -0.1) is 0 Å². The van der Waals surface area contributed by atoms with Crippen LogP contribution in [0.2, 0.25) is 0 Å². The number of hydrogen-bond donors (Lipinski definition) is 2. The van der Waals surface area contributed by atoms with Crippen molar-refractivity contribution in [2.24, 2.45) is 10.9 Å². The maximum Gasteiger partial charge on any atom is 0.278 e. The Balaban J connectivity index is 2.03. The lowest BCUT2D eigenvalue weighted by atomic mass is 9.80. The van der Waals surface area contributed by atoms with Crippen LogP contribution in [-0.2, 0) is 21.6 Å². The van der Waals surface area contributed by atoms with Crippen LogP contribution in [0.5, 0.6) is 0 Å². The lowest BCUT2D eigenvalue weighted by Gasteiger charge is -2.23. The molecule has 6 heteroatoms. The molecule has 1 aromatic carbocycles.